The second-order valence-corrected chi connectivity index (χ2v) is 6.52. The maximum atomic E-state index is 11.6. The lowest BCUT2D eigenvalue weighted by molar-refractivity contribution is -0.122. The third-order valence-electron chi connectivity index (χ3n) is 4.12. The summed E-state index contributed by atoms with van der Waals surface area (Å²) < 4.78 is 11.1. The van der Waals surface area contributed by atoms with E-state index in [1.165, 1.54) is 0 Å². The minimum Gasteiger partial charge on any atom is -0.493 e. The molecule has 2 rings (SSSR count). The highest BCUT2D eigenvalue weighted by Crippen LogP contribution is 2.29. The summed E-state index contributed by atoms with van der Waals surface area (Å²) in [6.45, 7) is 7.28. The van der Waals surface area contributed by atoms with Gasteiger partial charge in [0.25, 0.3) is 0 Å². The number of nitrogens with one attached hydrogen (secondary N) is 3. The zero-order valence-corrected chi connectivity index (χ0v) is 16.6. The van der Waals surface area contributed by atoms with Gasteiger partial charge in [-0.15, -0.1) is 0 Å². The molecule has 7 heteroatoms. The van der Waals surface area contributed by atoms with Crippen LogP contribution in [0, 0.1) is 5.92 Å². The van der Waals surface area contributed by atoms with Crippen LogP contribution in [0.15, 0.2) is 23.2 Å². The summed E-state index contributed by atoms with van der Waals surface area (Å²) in [6, 6.07) is 5.87. The monoisotopic (exact) mass is 376 g/mol. The second kappa shape index (κ2) is 11.3. The minimum absolute atomic E-state index is 0.163. The molecule has 1 amide bonds. The first-order valence-electron chi connectivity index (χ1n) is 9.77. The number of carbonyl (C=O) groups excluding carboxylic acids is 1. The molecule has 0 spiro atoms. The van der Waals surface area contributed by atoms with Gasteiger partial charge in [0, 0.05) is 25.6 Å². The van der Waals surface area contributed by atoms with E-state index in [2.05, 4.69) is 27.9 Å². The molecular formula is C20H32N4O3. The molecule has 1 aliphatic rings. The number of nitrogens with zero attached hydrogens (tertiary/aromatic N) is 1. The maximum Gasteiger partial charge on any atom is 0.223 e. The summed E-state index contributed by atoms with van der Waals surface area (Å²) in [5.41, 5.74) is 1.04. The fraction of sp³-hybridized carbons (Fsp3) is 0.600. The first-order valence-corrected chi connectivity index (χ1v) is 9.77. The predicted octanol–water partition coefficient (Wildman–Crippen LogP) is 2.07. The van der Waals surface area contributed by atoms with Crippen LogP contribution in [0.25, 0.3) is 0 Å². The van der Waals surface area contributed by atoms with E-state index < -0.39 is 0 Å². The van der Waals surface area contributed by atoms with Gasteiger partial charge in [-0.05, 0) is 43.9 Å². The molecule has 0 aliphatic heterocycles. The molecule has 0 aromatic heterocycles. The van der Waals surface area contributed by atoms with Crippen molar-refractivity contribution in [1.29, 1.82) is 0 Å². The van der Waals surface area contributed by atoms with Gasteiger partial charge in [-0.3, -0.25) is 4.79 Å². The number of ether oxygens (including phenoxy) is 2. The van der Waals surface area contributed by atoms with E-state index >= 15 is 0 Å². The van der Waals surface area contributed by atoms with Crippen LogP contribution >= 0.6 is 0 Å². The molecule has 0 radical (unpaired) electrons. The SMILES string of the molecule is CCCOc1ccc(CN=C(NCC)NCCNC(=O)C2CC2)cc1OC. The lowest BCUT2D eigenvalue weighted by Crippen LogP contribution is -2.41. The minimum atomic E-state index is 0.163. The van der Waals surface area contributed by atoms with Gasteiger partial charge in [-0.1, -0.05) is 13.0 Å². The average Bonchev–Trinajstić information content (AvgIpc) is 3.53. The number of aliphatic imine (C=N–C) groups is 1. The Bertz CT molecular complexity index is 630. The Labute approximate surface area is 161 Å². The van der Waals surface area contributed by atoms with Gasteiger partial charge in [0.2, 0.25) is 5.91 Å². The Hall–Kier alpha value is -2.44. The Morgan fingerprint density at radius 1 is 1.15 bits per heavy atom. The van der Waals surface area contributed by atoms with E-state index in [4.69, 9.17) is 9.47 Å². The van der Waals surface area contributed by atoms with E-state index in [9.17, 15) is 4.79 Å². The van der Waals surface area contributed by atoms with Gasteiger partial charge in [0.05, 0.1) is 20.3 Å². The molecule has 1 aromatic rings. The number of benzene rings is 1. The highest BCUT2D eigenvalue weighted by Gasteiger charge is 2.28. The number of hydrogen-bond acceptors (Lipinski definition) is 4. The van der Waals surface area contributed by atoms with Crippen molar-refractivity contribution >= 4 is 11.9 Å². The molecule has 0 saturated heterocycles. The topological polar surface area (TPSA) is 84.0 Å². The van der Waals surface area contributed by atoms with Crippen molar-refractivity contribution in [2.75, 3.05) is 33.4 Å². The van der Waals surface area contributed by atoms with Crippen molar-refractivity contribution < 1.29 is 14.3 Å². The van der Waals surface area contributed by atoms with Crippen LogP contribution in [0.1, 0.15) is 38.7 Å². The Morgan fingerprint density at radius 2 is 1.93 bits per heavy atom. The van der Waals surface area contributed by atoms with Gasteiger partial charge in [0.15, 0.2) is 17.5 Å². The Balaban J connectivity index is 1.85. The third kappa shape index (κ3) is 7.37. The van der Waals surface area contributed by atoms with Crippen molar-refractivity contribution in [2.24, 2.45) is 10.9 Å². The number of guanidine groups is 1. The van der Waals surface area contributed by atoms with Gasteiger partial charge in [0.1, 0.15) is 0 Å². The highest BCUT2D eigenvalue weighted by molar-refractivity contribution is 5.81. The molecule has 3 N–H and O–H groups in total. The molecule has 0 atom stereocenters. The molecule has 1 saturated carbocycles. The summed E-state index contributed by atoms with van der Waals surface area (Å²) in [5.74, 6) is 2.60. The van der Waals surface area contributed by atoms with E-state index in [1.807, 2.05) is 25.1 Å². The summed E-state index contributed by atoms with van der Waals surface area (Å²) >= 11 is 0. The zero-order valence-electron chi connectivity index (χ0n) is 16.6. The van der Waals surface area contributed by atoms with Crippen LogP contribution in [0.4, 0.5) is 0 Å². The van der Waals surface area contributed by atoms with E-state index in [0.29, 0.717) is 26.2 Å². The average molecular weight is 377 g/mol. The van der Waals surface area contributed by atoms with Crippen LogP contribution in [0.5, 0.6) is 11.5 Å². The Morgan fingerprint density at radius 3 is 2.59 bits per heavy atom. The standard InChI is InChI=1S/C20H32N4O3/c1-4-12-27-17-9-6-15(13-18(17)26-3)14-24-20(21-5-2)23-11-10-22-19(25)16-7-8-16/h6,9,13,16H,4-5,7-8,10-12,14H2,1-3H3,(H,22,25)(H2,21,23,24). The van der Waals surface area contributed by atoms with Gasteiger partial charge in [-0.25, -0.2) is 4.99 Å². The van der Waals surface area contributed by atoms with Crippen LogP contribution in [-0.4, -0.2) is 45.2 Å². The largest absolute Gasteiger partial charge is 0.493 e. The fourth-order valence-electron chi connectivity index (χ4n) is 2.51. The fourth-order valence-corrected chi connectivity index (χ4v) is 2.51. The van der Waals surface area contributed by atoms with E-state index in [1.54, 1.807) is 7.11 Å². The van der Waals surface area contributed by atoms with E-state index in [0.717, 1.165) is 48.8 Å². The summed E-state index contributed by atoms with van der Waals surface area (Å²) in [5, 5.41) is 9.40. The van der Waals surface area contributed by atoms with Crippen molar-refractivity contribution in [3.8, 4) is 11.5 Å². The number of amides is 1. The quantitative estimate of drug-likeness (QED) is 0.313. The molecular weight excluding hydrogens is 344 g/mol. The van der Waals surface area contributed by atoms with Crippen LogP contribution in [0.2, 0.25) is 0 Å². The first kappa shape index (κ1) is 20.9. The summed E-state index contributed by atoms with van der Waals surface area (Å²) in [7, 11) is 1.64. The Kier molecular flexibility index (Phi) is 8.74. The van der Waals surface area contributed by atoms with Gasteiger partial charge < -0.3 is 25.4 Å². The normalized spacial score (nSPS) is 13.8. The lowest BCUT2D eigenvalue weighted by Gasteiger charge is -2.13. The molecule has 0 bridgehead atoms. The number of hydrogen-bond donors (Lipinski definition) is 3. The molecule has 150 valence electrons. The number of carbonyl (C=O) groups is 1. The zero-order chi connectivity index (χ0) is 19.5. The molecule has 0 unspecified atom stereocenters. The van der Waals surface area contributed by atoms with Crippen molar-refractivity contribution in [3.63, 3.8) is 0 Å². The van der Waals surface area contributed by atoms with Crippen LogP contribution in [0.3, 0.4) is 0 Å². The van der Waals surface area contributed by atoms with Crippen LogP contribution < -0.4 is 25.4 Å². The second-order valence-electron chi connectivity index (χ2n) is 6.52. The van der Waals surface area contributed by atoms with Gasteiger partial charge >= 0.3 is 0 Å². The van der Waals surface area contributed by atoms with Crippen LogP contribution in [-0.2, 0) is 11.3 Å². The first-order chi connectivity index (χ1) is 13.2. The van der Waals surface area contributed by atoms with Crippen molar-refractivity contribution in [2.45, 2.75) is 39.7 Å². The third-order valence-corrected chi connectivity index (χ3v) is 4.12. The van der Waals surface area contributed by atoms with E-state index in [-0.39, 0.29) is 11.8 Å². The molecule has 7 nitrogen and oxygen atoms in total. The summed E-state index contributed by atoms with van der Waals surface area (Å²) in [4.78, 5) is 16.2. The predicted molar refractivity (Wildman–Crippen MR) is 107 cm³/mol. The lowest BCUT2D eigenvalue weighted by atomic mass is 10.2. The number of rotatable bonds is 11. The molecule has 1 aromatic carbocycles. The number of methoxy groups -OCH3 is 1. The van der Waals surface area contributed by atoms with Crippen molar-refractivity contribution in [1.82, 2.24) is 16.0 Å². The summed E-state index contributed by atoms with van der Waals surface area (Å²) in [6.07, 6.45) is 3.00. The molecule has 1 fully saturated rings. The molecule has 27 heavy (non-hydrogen) atoms. The van der Waals surface area contributed by atoms with Crippen molar-refractivity contribution in [3.05, 3.63) is 23.8 Å². The molecule has 1 aliphatic carbocycles. The smallest absolute Gasteiger partial charge is 0.223 e. The maximum absolute atomic E-state index is 11.6. The van der Waals surface area contributed by atoms with Gasteiger partial charge in [-0.2, -0.15) is 0 Å². The molecule has 0 heterocycles. The highest BCUT2D eigenvalue weighted by atomic mass is 16.5.